The Morgan fingerprint density at radius 3 is 2.50 bits per heavy atom. The lowest BCUT2D eigenvalue weighted by Gasteiger charge is -2.15. The van der Waals surface area contributed by atoms with Gasteiger partial charge in [-0.15, -0.1) is 0 Å². The van der Waals surface area contributed by atoms with Crippen molar-refractivity contribution >= 4 is 40.7 Å². The zero-order chi connectivity index (χ0) is 11.9. The molecule has 1 aliphatic heterocycles. The van der Waals surface area contributed by atoms with Gasteiger partial charge in [0.25, 0.3) is 5.91 Å². The molecule has 3 nitrogen and oxygen atoms in total. The minimum Gasteiger partial charge on any atom is -0.274 e. The molecule has 82 valence electrons. The lowest BCUT2D eigenvalue weighted by molar-refractivity contribution is -0.120. The fourth-order valence-electron chi connectivity index (χ4n) is 1.52. The molecule has 0 N–H and O–H groups in total. The molecule has 5 heteroatoms. The second kappa shape index (κ2) is 3.92. The van der Waals surface area contributed by atoms with Gasteiger partial charge in [-0.1, -0.05) is 35.8 Å². The third-order valence-electron chi connectivity index (χ3n) is 2.29. The zero-order valence-corrected chi connectivity index (χ0v) is 9.68. The molecule has 1 aromatic rings. The van der Waals surface area contributed by atoms with Crippen LogP contribution in [0.4, 0.5) is 5.69 Å². The zero-order valence-electron chi connectivity index (χ0n) is 8.17. The molecule has 1 saturated heterocycles. The Balaban J connectivity index is 2.53. The number of amides is 2. The van der Waals surface area contributed by atoms with E-state index in [4.69, 9.17) is 23.2 Å². The van der Waals surface area contributed by atoms with E-state index in [-0.39, 0.29) is 22.9 Å². The lowest BCUT2D eigenvalue weighted by Crippen LogP contribution is -2.29. The summed E-state index contributed by atoms with van der Waals surface area (Å²) in [6, 6.07) is 4.79. The van der Waals surface area contributed by atoms with Crippen LogP contribution in [0.2, 0.25) is 10.0 Å². The van der Waals surface area contributed by atoms with Gasteiger partial charge in [-0.2, -0.15) is 0 Å². The summed E-state index contributed by atoms with van der Waals surface area (Å²) in [6.07, 6.45) is 0.0294. The first-order valence-electron chi connectivity index (χ1n) is 4.51. The summed E-state index contributed by atoms with van der Waals surface area (Å²) < 4.78 is 0. The van der Waals surface area contributed by atoms with Crippen LogP contribution in [0.3, 0.4) is 0 Å². The molecule has 0 radical (unpaired) electrons. The fraction of sp³-hybridized carbons (Fsp3) is 0.0909. The van der Waals surface area contributed by atoms with Gasteiger partial charge in [0.2, 0.25) is 5.91 Å². The summed E-state index contributed by atoms with van der Waals surface area (Å²) in [5.41, 5.74) is 0.573. The molecule has 1 aliphatic rings. The number of carbonyl (C=O) groups excluding carboxylic acids is 2. The van der Waals surface area contributed by atoms with Gasteiger partial charge < -0.3 is 0 Å². The molecule has 0 spiro atoms. The summed E-state index contributed by atoms with van der Waals surface area (Å²) in [5, 5.41) is 0.498. The van der Waals surface area contributed by atoms with Crippen LogP contribution in [0, 0.1) is 0 Å². The van der Waals surface area contributed by atoms with Gasteiger partial charge in [0.1, 0.15) is 0 Å². The monoisotopic (exact) mass is 255 g/mol. The van der Waals surface area contributed by atoms with E-state index in [0.717, 1.165) is 4.90 Å². The quantitative estimate of drug-likeness (QED) is 0.572. The first-order valence-corrected chi connectivity index (χ1v) is 5.27. The minimum absolute atomic E-state index is 0.0294. The van der Waals surface area contributed by atoms with Crippen LogP contribution in [-0.4, -0.2) is 11.8 Å². The number of halogens is 2. The SMILES string of the molecule is C=C1CC(=O)N(c2cccc(Cl)c2Cl)C1=O. The van der Waals surface area contributed by atoms with E-state index in [2.05, 4.69) is 6.58 Å². The topological polar surface area (TPSA) is 37.4 Å². The van der Waals surface area contributed by atoms with Gasteiger partial charge in [-0.05, 0) is 12.1 Å². The number of benzene rings is 1. The molecule has 1 aromatic carbocycles. The first kappa shape index (κ1) is 11.2. The van der Waals surface area contributed by atoms with E-state index < -0.39 is 5.91 Å². The van der Waals surface area contributed by atoms with Gasteiger partial charge in [-0.25, -0.2) is 4.90 Å². The molecule has 0 saturated carbocycles. The highest BCUT2D eigenvalue weighted by atomic mass is 35.5. The second-order valence-corrected chi connectivity index (χ2v) is 4.17. The number of hydrogen-bond donors (Lipinski definition) is 0. The van der Waals surface area contributed by atoms with E-state index in [0.29, 0.717) is 10.7 Å². The van der Waals surface area contributed by atoms with Crippen molar-refractivity contribution in [2.75, 3.05) is 4.90 Å². The molecule has 0 aliphatic carbocycles. The Hall–Kier alpha value is -1.32. The molecule has 0 aromatic heterocycles. The summed E-state index contributed by atoms with van der Waals surface area (Å²) in [7, 11) is 0. The fourth-order valence-corrected chi connectivity index (χ4v) is 1.90. The van der Waals surface area contributed by atoms with Crippen molar-refractivity contribution < 1.29 is 9.59 Å². The van der Waals surface area contributed by atoms with Crippen LogP contribution >= 0.6 is 23.2 Å². The first-order chi connectivity index (χ1) is 7.52. The summed E-state index contributed by atoms with van der Waals surface area (Å²) in [6.45, 7) is 3.53. The molecular weight excluding hydrogens is 249 g/mol. The molecule has 1 heterocycles. The molecule has 16 heavy (non-hydrogen) atoms. The Kier molecular flexibility index (Phi) is 2.74. The number of hydrogen-bond acceptors (Lipinski definition) is 2. The highest BCUT2D eigenvalue weighted by molar-refractivity contribution is 6.45. The van der Waals surface area contributed by atoms with E-state index in [9.17, 15) is 9.59 Å². The van der Waals surface area contributed by atoms with Crippen molar-refractivity contribution in [1.82, 2.24) is 0 Å². The molecule has 2 rings (SSSR count). The molecule has 0 atom stereocenters. The molecule has 1 fully saturated rings. The Morgan fingerprint density at radius 1 is 1.25 bits per heavy atom. The predicted molar refractivity (Wildman–Crippen MR) is 62.7 cm³/mol. The predicted octanol–water partition coefficient (Wildman–Crippen LogP) is 2.81. The van der Waals surface area contributed by atoms with Crippen LogP contribution in [-0.2, 0) is 9.59 Å². The average molecular weight is 256 g/mol. The smallest absolute Gasteiger partial charge is 0.260 e. The van der Waals surface area contributed by atoms with Crippen molar-refractivity contribution in [2.24, 2.45) is 0 Å². The maximum absolute atomic E-state index is 11.7. The van der Waals surface area contributed by atoms with Crippen LogP contribution in [0.1, 0.15) is 6.42 Å². The standard InChI is InChI=1S/C11H7Cl2NO2/c1-6-5-9(15)14(11(6)16)8-4-2-3-7(12)10(8)13/h2-4H,1,5H2. The number of imide groups is 1. The third-order valence-corrected chi connectivity index (χ3v) is 3.10. The third kappa shape index (κ3) is 1.62. The van der Waals surface area contributed by atoms with E-state index >= 15 is 0 Å². The van der Waals surface area contributed by atoms with E-state index in [1.54, 1.807) is 18.2 Å². The van der Waals surface area contributed by atoms with E-state index in [1.165, 1.54) is 0 Å². The molecular formula is C11H7Cl2NO2. The largest absolute Gasteiger partial charge is 0.274 e. The Labute approximate surface area is 102 Å². The van der Waals surface area contributed by atoms with Gasteiger partial charge in [0.05, 0.1) is 22.2 Å². The highest BCUT2D eigenvalue weighted by Crippen LogP contribution is 2.35. The number of carbonyl (C=O) groups is 2. The maximum atomic E-state index is 11.7. The van der Waals surface area contributed by atoms with Crippen molar-refractivity contribution in [3.63, 3.8) is 0 Å². The van der Waals surface area contributed by atoms with Crippen LogP contribution in [0.5, 0.6) is 0 Å². The van der Waals surface area contributed by atoms with Crippen LogP contribution in [0.25, 0.3) is 0 Å². The van der Waals surface area contributed by atoms with Crippen molar-refractivity contribution in [3.8, 4) is 0 Å². The summed E-state index contributed by atoms with van der Waals surface area (Å²) >= 11 is 11.8. The number of anilines is 1. The molecule has 0 unspecified atom stereocenters. The molecule has 0 bridgehead atoms. The second-order valence-electron chi connectivity index (χ2n) is 3.39. The Bertz CT molecular complexity index is 511. The minimum atomic E-state index is -0.422. The van der Waals surface area contributed by atoms with Crippen molar-refractivity contribution in [1.29, 1.82) is 0 Å². The van der Waals surface area contributed by atoms with Crippen molar-refractivity contribution in [2.45, 2.75) is 6.42 Å². The maximum Gasteiger partial charge on any atom is 0.260 e. The van der Waals surface area contributed by atoms with Crippen LogP contribution in [0.15, 0.2) is 30.4 Å². The Morgan fingerprint density at radius 2 is 1.94 bits per heavy atom. The lowest BCUT2D eigenvalue weighted by atomic mass is 10.2. The summed E-state index contributed by atoms with van der Waals surface area (Å²) in [5.74, 6) is -0.756. The molecule has 2 amide bonds. The normalized spacial score (nSPS) is 16.1. The summed E-state index contributed by atoms with van der Waals surface area (Å²) in [4.78, 5) is 24.3. The van der Waals surface area contributed by atoms with Crippen molar-refractivity contribution in [3.05, 3.63) is 40.4 Å². The average Bonchev–Trinajstić information content (AvgIpc) is 2.47. The van der Waals surface area contributed by atoms with Crippen LogP contribution < -0.4 is 4.90 Å². The van der Waals surface area contributed by atoms with Gasteiger partial charge in [0, 0.05) is 5.57 Å². The van der Waals surface area contributed by atoms with Gasteiger partial charge in [-0.3, -0.25) is 9.59 Å². The number of rotatable bonds is 1. The highest BCUT2D eigenvalue weighted by Gasteiger charge is 2.35. The number of nitrogens with zero attached hydrogens (tertiary/aromatic N) is 1. The van der Waals surface area contributed by atoms with Gasteiger partial charge in [0.15, 0.2) is 0 Å². The van der Waals surface area contributed by atoms with E-state index in [1.807, 2.05) is 0 Å². The van der Waals surface area contributed by atoms with Gasteiger partial charge >= 0.3 is 0 Å².